The molecular formula is C14H16N4O2. The number of hydrogen-bond donors (Lipinski definition) is 2. The number of nitrogen functional groups attached to an aromatic ring is 1. The van der Waals surface area contributed by atoms with Crippen molar-refractivity contribution in [2.45, 2.75) is 25.7 Å². The number of carbonyl (C=O) groups is 2. The van der Waals surface area contributed by atoms with Gasteiger partial charge in [-0.3, -0.25) is 9.59 Å². The summed E-state index contributed by atoms with van der Waals surface area (Å²) in [5.74, 6) is -0.290. The van der Waals surface area contributed by atoms with Gasteiger partial charge in [-0.25, -0.2) is 5.43 Å². The lowest BCUT2D eigenvalue weighted by atomic mass is 9.99. The number of fused-ring (bicyclic) bond motifs is 1. The molecule has 0 aliphatic carbocycles. The summed E-state index contributed by atoms with van der Waals surface area (Å²) in [6, 6.07) is 5.61. The molecule has 2 aliphatic heterocycles. The van der Waals surface area contributed by atoms with Crippen LogP contribution in [0.15, 0.2) is 23.3 Å². The van der Waals surface area contributed by atoms with E-state index < -0.39 is 0 Å². The maximum absolute atomic E-state index is 12.5. The van der Waals surface area contributed by atoms with Crippen LogP contribution >= 0.6 is 0 Å². The summed E-state index contributed by atoms with van der Waals surface area (Å²) >= 11 is 0. The highest BCUT2D eigenvalue weighted by Crippen LogP contribution is 2.31. The van der Waals surface area contributed by atoms with Crippen LogP contribution in [0.3, 0.4) is 0 Å². The lowest BCUT2D eigenvalue weighted by Crippen LogP contribution is -2.42. The number of nitrogens with zero attached hydrogens (tertiary/aromatic N) is 2. The molecule has 0 unspecified atom stereocenters. The van der Waals surface area contributed by atoms with E-state index in [0.29, 0.717) is 25.1 Å². The quantitative estimate of drug-likeness (QED) is 0.742. The number of hydrogen-bond acceptors (Lipinski definition) is 4. The van der Waals surface area contributed by atoms with Crippen LogP contribution in [0.1, 0.15) is 24.8 Å². The fraction of sp³-hybridized carbons (Fsp3) is 0.357. The van der Waals surface area contributed by atoms with E-state index in [1.807, 2.05) is 18.2 Å². The Kier molecular flexibility index (Phi) is 3.14. The molecule has 0 saturated heterocycles. The Morgan fingerprint density at radius 3 is 2.90 bits per heavy atom. The summed E-state index contributed by atoms with van der Waals surface area (Å²) < 4.78 is 0. The van der Waals surface area contributed by atoms with Crippen molar-refractivity contribution in [1.29, 1.82) is 0 Å². The van der Waals surface area contributed by atoms with Gasteiger partial charge in [0.25, 0.3) is 5.91 Å². The first-order valence-corrected chi connectivity index (χ1v) is 6.71. The van der Waals surface area contributed by atoms with Gasteiger partial charge in [-0.15, -0.1) is 0 Å². The molecule has 1 aromatic rings. The lowest BCUT2D eigenvalue weighted by molar-refractivity contribution is -0.121. The fourth-order valence-corrected chi connectivity index (χ4v) is 2.65. The molecule has 6 heteroatoms. The largest absolute Gasteiger partial charge is 0.398 e. The maximum atomic E-state index is 12.5. The molecular weight excluding hydrogens is 256 g/mol. The molecule has 2 heterocycles. The van der Waals surface area contributed by atoms with Crippen molar-refractivity contribution in [2.24, 2.45) is 5.10 Å². The Bertz CT molecular complexity index is 609. The first kappa shape index (κ1) is 12.7. The van der Waals surface area contributed by atoms with Gasteiger partial charge in [-0.2, -0.15) is 5.10 Å². The Morgan fingerprint density at radius 2 is 2.15 bits per heavy atom. The second kappa shape index (κ2) is 4.96. The van der Waals surface area contributed by atoms with Crippen molar-refractivity contribution in [3.8, 4) is 0 Å². The third-order valence-electron chi connectivity index (χ3n) is 3.68. The van der Waals surface area contributed by atoms with E-state index in [4.69, 9.17) is 5.73 Å². The third kappa shape index (κ3) is 2.13. The number of nitrogens with one attached hydrogen (secondary N) is 1. The summed E-state index contributed by atoms with van der Waals surface area (Å²) in [4.78, 5) is 25.3. The molecule has 0 bridgehead atoms. The normalized spacial score (nSPS) is 18.1. The monoisotopic (exact) mass is 272 g/mol. The van der Waals surface area contributed by atoms with Crippen LogP contribution in [0, 0.1) is 0 Å². The molecule has 20 heavy (non-hydrogen) atoms. The van der Waals surface area contributed by atoms with Crippen LogP contribution in [0.25, 0.3) is 0 Å². The fourth-order valence-electron chi connectivity index (χ4n) is 2.65. The number of benzene rings is 1. The molecule has 0 spiro atoms. The van der Waals surface area contributed by atoms with Gasteiger partial charge in [0.2, 0.25) is 5.91 Å². The first-order valence-electron chi connectivity index (χ1n) is 6.71. The van der Waals surface area contributed by atoms with Gasteiger partial charge in [-0.1, -0.05) is 6.07 Å². The molecule has 2 amide bonds. The number of rotatable bonds is 1. The van der Waals surface area contributed by atoms with E-state index in [1.165, 1.54) is 0 Å². The second-order valence-corrected chi connectivity index (χ2v) is 5.00. The van der Waals surface area contributed by atoms with Gasteiger partial charge in [0.1, 0.15) is 5.71 Å². The third-order valence-corrected chi connectivity index (χ3v) is 3.68. The average Bonchev–Trinajstić information content (AvgIpc) is 2.47. The van der Waals surface area contributed by atoms with Crippen molar-refractivity contribution in [3.05, 3.63) is 23.8 Å². The van der Waals surface area contributed by atoms with Gasteiger partial charge >= 0.3 is 0 Å². The summed E-state index contributed by atoms with van der Waals surface area (Å²) in [5, 5.41) is 3.88. The minimum Gasteiger partial charge on any atom is -0.398 e. The van der Waals surface area contributed by atoms with E-state index >= 15 is 0 Å². The van der Waals surface area contributed by atoms with Crippen molar-refractivity contribution in [1.82, 2.24) is 5.43 Å². The van der Waals surface area contributed by atoms with Crippen LogP contribution in [0.2, 0.25) is 0 Å². The second-order valence-electron chi connectivity index (χ2n) is 5.00. The molecule has 1 aromatic carbocycles. The Labute approximate surface area is 116 Å². The van der Waals surface area contributed by atoms with Crippen molar-refractivity contribution in [2.75, 3.05) is 17.2 Å². The Balaban J connectivity index is 1.91. The van der Waals surface area contributed by atoms with Crippen LogP contribution < -0.4 is 16.1 Å². The van der Waals surface area contributed by atoms with Gasteiger partial charge in [0, 0.05) is 30.8 Å². The molecule has 104 valence electrons. The smallest absolute Gasteiger partial charge is 0.274 e. The van der Waals surface area contributed by atoms with Crippen LogP contribution in [0.4, 0.5) is 11.4 Å². The SMILES string of the molecule is Nc1cccc2c1CCCN2C(=O)C1=NNC(=O)CC1. The van der Waals surface area contributed by atoms with E-state index in [9.17, 15) is 9.59 Å². The maximum Gasteiger partial charge on any atom is 0.274 e. The van der Waals surface area contributed by atoms with Crippen molar-refractivity contribution in [3.63, 3.8) is 0 Å². The molecule has 0 saturated carbocycles. The predicted molar refractivity (Wildman–Crippen MR) is 76.3 cm³/mol. The zero-order valence-corrected chi connectivity index (χ0v) is 11.1. The van der Waals surface area contributed by atoms with Gasteiger partial charge < -0.3 is 10.6 Å². The van der Waals surface area contributed by atoms with Gasteiger partial charge in [0.15, 0.2) is 0 Å². The van der Waals surface area contributed by atoms with E-state index in [1.54, 1.807) is 4.90 Å². The Morgan fingerprint density at radius 1 is 1.30 bits per heavy atom. The zero-order chi connectivity index (χ0) is 14.1. The minimum absolute atomic E-state index is 0.142. The number of hydrazone groups is 1. The van der Waals surface area contributed by atoms with E-state index in [-0.39, 0.29) is 11.8 Å². The molecule has 0 atom stereocenters. The highest BCUT2D eigenvalue weighted by atomic mass is 16.2. The highest BCUT2D eigenvalue weighted by molar-refractivity contribution is 6.44. The number of anilines is 2. The minimum atomic E-state index is -0.148. The molecule has 0 aromatic heterocycles. The van der Waals surface area contributed by atoms with Crippen LogP contribution in [0.5, 0.6) is 0 Å². The molecule has 6 nitrogen and oxygen atoms in total. The summed E-state index contributed by atoms with van der Waals surface area (Å²) in [5.41, 5.74) is 11.3. The molecule has 3 N–H and O–H groups in total. The molecule has 2 aliphatic rings. The summed E-state index contributed by atoms with van der Waals surface area (Å²) in [7, 11) is 0. The van der Waals surface area contributed by atoms with E-state index in [0.717, 1.165) is 29.8 Å². The van der Waals surface area contributed by atoms with Gasteiger partial charge in [-0.05, 0) is 30.5 Å². The number of amides is 2. The summed E-state index contributed by atoms with van der Waals surface area (Å²) in [6.45, 7) is 0.655. The highest BCUT2D eigenvalue weighted by Gasteiger charge is 2.28. The average molecular weight is 272 g/mol. The topological polar surface area (TPSA) is 87.8 Å². The zero-order valence-electron chi connectivity index (χ0n) is 11.1. The Hall–Kier alpha value is -2.37. The lowest BCUT2D eigenvalue weighted by Gasteiger charge is -2.31. The number of carbonyl (C=O) groups excluding carboxylic acids is 2. The molecule has 0 radical (unpaired) electrons. The van der Waals surface area contributed by atoms with Crippen molar-refractivity contribution >= 4 is 28.9 Å². The van der Waals surface area contributed by atoms with Crippen LogP contribution in [-0.4, -0.2) is 24.1 Å². The van der Waals surface area contributed by atoms with E-state index in [2.05, 4.69) is 10.5 Å². The summed E-state index contributed by atoms with van der Waals surface area (Å²) in [6.07, 6.45) is 2.46. The molecule has 0 fully saturated rings. The predicted octanol–water partition coefficient (Wildman–Crippen LogP) is 0.814. The van der Waals surface area contributed by atoms with Crippen LogP contribution in [-0.2, 0) is 16.0 Å². The first-order chi connectivity index (χ1) is 9.66. The molecule has 3 rings (SSSR count). The van der Waals surface area contributed by atoms with Crippen molar-refractivity contribution < 1.29 is 9.59 Å². The number of nitrogens with two attached hydrogens (primary N) is 1. The standard InChI is InChI=1S/C14H16N4O2/c15-10-4-1-5-12-9(10)3-2-8-18(12)14(20)11-6-7-13(19)17-16-11/h1,4-5H,2-3,6-8,15H2,(H,17,19). The van der Waals surface area contributed by atoms with Gasteiger partial charge in [0.05, 0.1) is 0 Å².